The Kier molecular flexibility index (Phi) is 15.9. The number of hydrogen-bond acceptors (Lipinski definition) is 5. The molecule has 0 saturated carbocycles. The molecule has 1 rings (SSSR count). The molecule has 0 spiro atoms. The minimum Gasteiger partial charge on any atom is -0.394 e. The number of aliphatic hydroxyl groups is 3. The van der Waals surface area contributed by atoms with Crippen molar-refractivity contribution in [3.63, 3.8) is 0 Å². The molecule has 0 radical (unpaired) electrons. The summed E-state index contributed by atoms with van der Waals surface area (Å²) in [7, 11) is 0. The van der Waals surface area contributed by atoms with Crippen LogP contribution in [0.4, 0.5) is 0 Å². The van der Waals surface area contributed by atoms with E-state index in [0.29, 0.717) is 6.61 Å². The fraction of sp³-hybridized carbons (Fsp3) is 0.913. The van der Waals surface area contributed by atoms with Crippen LogP contribution in [0.2, 0.25) is 0 Å². The third-order valence-corrected chi connectivity index (χ3v) is 5.47. The summed E-state index contributed by atoms with van der Waals surface area (Å²) >= 11 is 0. The Balaban J connectivity index is 1.86. The Morgan fingerprint density at radius 3 is 2.11 bits per heavy atom. The fourth-order valence-corrected chi connectivity index (χ4v) is 3.63. The van der Waals surface area contributed by atoms with Gasteiger partial charge in [0.2, 0.25) is 0 Å². The van der Waals surface area contributed by atoms with Crippen molar-refractivity contribution in [3.8, 4) is 0 Å². The molecule has 1 heterocycles. The normalized spacial score (nSPS) is 23.6. The molecule has 0 amide bonds. The number of allylic oxidation sites excluding steroid dienone is 2. The Morgan fingerprint density at radius 1 is 0.929 bits per heavy atom. The minimum absolute atomic E-state index is 0.261. The summed E-state index contributed by atoms with van der Waals surface area (Å²) in [6.07, 6.45) is 18.2. The van der Waals surface area contributed by atoms with E-state index in [9.17, 15) is 10.2 Å². The van der Waals surface area contributed by atoms with Crippen molar-refractivity contribution >= 4 is 0 Å². The largest absolute Gasteiger partial charge is 0.394 e. The minimum atomic E-state index is -1.06. The van der Waals surface area contributed by atoms with Crippen molar-refractivity contribution in [2.24, 2.45) is 0 Å². The second-order valence-electron chi connectivity index (χ2n) is 8.03. The molecule has 1 aliphatic heterocycles. The van der Waals surface area contributed by atoms with Crippen LogP contribution in [0.25, 0.3) is 0 Å². The van der Waals surface area contributed by atoms with Gasteiger partial charge < -0.3 is 24.8 Å². The number of unbranched alkanes of at least 4 members (excludes halogenated alkanes) is 11. The van der Waals surface area contributed by atoms with Gasteiger partial charge in [-0.15, -0.1) is 0 Å². The van der Waals surface area contributed by atoms with Gasteiger partial charge >= 0.3 is 0 Å². The van der Waals surface area contributed by atoms with E-state index in [1.54, 1.807) is 0 Å². The van der Waals surface area contributed by atoms with Gasteiger partial charge in [-0.2, -0.15) is 0 Å². The molecular formula is C23H44O5. The smallest absolute Gasteiger partial charge is 0.114 e. The first-order chi connectivity index (χ1) is 13.7. The Bertz CT molecular complexity index is 374. The molecule has 0 unspecified atom stereocenters. The maximum atomic E-state index is 10.0. The van der Waals surface area contributed by atoms with Crippen molar-refractivity contribution in [1.82, 2.24) is 0 Å². The van der Waals surface area contributed by atoms with E-state index in [4.69, 9.17) is 14.6 Å². The van der Waals surface area contributed by atoms with Crippen molar-refractivity contribution < 1.29 is 24.8 Å². The highest BCUT2D eigenvalue weighted by molar-refractivity contribution is 4.89. The lowest BCUT2D eigenvalue weighted by Crippen LogP contribution is -2.41. The SMILES string of the molecule is CCCCCCCCCCCC/C=C/CCCO[C@H]1CO[C@H]([C@H](O)CO)[C@@H]1O. The summed E-state index contributed by atoms with van der Waals surface area (Å²) in [5.41, 5.74) is 0. The maximum absolute atomic E-state index is 10.0. The molecule has 5 heteroatoms. The first-order valence-corrected chi connectivity index (χ1v) is 11.6. The van der Waals surface area contributed by atoms with Gasteiger partial charge in [-0.3, -0.25) is 0 Å². The third kappa shape index (κ3) is 11.5. The zero-order valence-corrected chi connectivity index (χ0v) is 17.9. The molecule has 1 saturated heterocycles. The van der Waals surface area contributed by atoms with Gasteiger partial charge in [0.05, 0.1) is 13.2 Å². The lowest BCUT2D eigenvalue weighted by atomic mass is 10.1. The Labute approximate surface area is 172 Å². The maximum Gasteiger partial charge on any atom is 0.114 e. The predicted octanol–water partition coefficient (Wildman–Crippen LogP) is 4.13. The summed E-state index contributed by atoms with van der Waals surface area (Å²) in [5.74, 6) is 0. The van der Waals surface area contributed by atoms with Gasteiger partial charge in [-0.05, 0) is 25.7 Å². The summed E-state index contributed by atoms with van der Waals surface area (Å²) in [4.78, 5) is 0. The van der Waals surface area contributed by atoms with Gasteiger partial charge in [0.1, 0.15) is 24.4 Å². The molecule has 0 aromatic heterocycles. The topological polar surface area (TPSA) is 79.2 Å². The van der Waals surface area contributed by atoms with Crippen LogP contribution in [0.3, 0.4) is 0 Å². The first kappa shape index (κ1) is 25.6. The van der Waals surface area contributed by atoms with Crippen LogP contribution in [-0.4, -0.2) is 59.6 Å². The molecular weight excluding hydrogens is 356 g/mol. The summed E-state index contributed by atoms with van der Waals surface area (Å²) in [5, 5.41) is 28.5. The third-order valence-electron chi connectivity index (χ3n) is 5.47. The van der Waals surface area contributed by atoms with E-state index in [1.807, 2.05) is 0 Å². The molecule has 166 valence electrons. The average molecular weight is 401 g/mol. The number of hydrogen-bond donors (Lipinski definition) is 3. The number of ether oxygens (including phenoxy) is 2. The second-order valence-corrected chi connectivity index (χ2v) is 8.03. The lowest BCUT2D eigenvalue weighted by molar-refractivity contribution is -0.0729. The van der Waals surface area contributed by atoms with Crippen molar-refractivity contribution in [3.05, 3.63) is 12.2 Å². The lowest BCUT2D eigenvalue weighted by Gasteiger charge is -2.20. The zero-order chi connectivity index (χ0) is 20.5. The Hall–Kier alpha value is -0.460. The van der Waals surface area contributed by atoms with Crippen LogP contribution < -0.4 is 0 Å². The number of rotatable bonds is 18. The van der Waals surface area contributed by atoms with E-state index >= 15 is 0 Å². The second kappa shape index (κ2) is 17.4. The standard InChI is InChI=1S/C23H44O5/c1-2-3-4-5-6-7-8-9-10-11-12-13-14-15-16-17-27-21-19-28-23(22(21)26)20(25)18-24/h13-14,20-26H,2-12,15-19H2,1H3/b14-13+/t20-,21+,22-,23-/m1/s1. The zero-order valence-electron chi connectivity index (χ0n) is 17.9. The molecule has 28 heavy (non-hydrogen) atoms. The van der Waals surface area contributed by atoms with Crippen LogP contribution in [0.5, 0.6) is 0 Å². The van der Waals surface area contributed by atoms with E-state index in [2.05, 4.69) is 19.1 Å². The van der Waals surface area contributed by atoms with E-state index in [-0.39, 0.29) is 6.61 Å². The van der Waals surface area contributed by atoms with Crippen LogP contribution in [0.15, 0.2) is 12.2 Å². The molecule has 0 aromatic rings. The quantitative estimate of drug-likeness (QED) is 0.238. The van der Waals surface area contributed by atoms with E-state index < -0.39 is 31.0 Å². The van der Waals surface area contributed by atoms with Crippen molar-refractivity contribution in [1.29, 1.82) is 0 Å². The average Bonchev–Trinajstić information content (AvgIpc) is 3.07. The van der Waals surface area contributed by atoms with E-state index in [0.717, 1.165) is 19.3 Å². The molecule has 0 aliphatic carbocycles. The number of aliphatic hydroxyl groups excluding tert-OH is 3. The molecule has 1 fully saturated rings. The van der Waals surface area contributed by atoms with Crippen LogP contribution in [0.1, 0.15) is 90.4 Å². The monoisotopic (exact) mass is 400 g/mol. The highest BCUT2D eigenvalue weighted by atomic mass is 16.6. The van der Waals surface area contributed by atoms with Gasteiger partial charge in [0, 0.05) is 6.61 Å². The fourth-order valence-electron chi connectivity index (χ4n) is 3.63. The highest BCUT2D eigenvalue weighted by Crippen LogP contribution is 2.20. The summed E-state index contributed by atoms with van der Waals surface area (Å²) in [6, 6.07) is 0. The molecule has 3 N–H and O–H groups in total. The summed E-state index contributed by atoms with van der Waals surface area (Å²) < 4.78 is 11.0. The molecule has 0 aromatic carbocycles. The summed E-state index contributed by atoms with van der Waals surface area (Å²) in [6.45, 7) is 2.67. The molecule has 5 nitrogen and oxygen atoms in total. The first-order valence-electron chi connectivity index (χ1n) is 11.6. The van der Waals surface area contributed by atoms with Crippen LogP contribution in [-0.2, 0) is 9.47 Å². The van der Waals surface area contributed by atoms with Gasteiger partial charge in [-0.25, -0.2) is 0 Å². The van der Waals surface area contributed by atoms with Gasteiger partial charge in [0.25, 0.3) is 0 Å². The van der Waals surface area contributed by atoms with Gasteiger partial charge in [0.15, 0.2) is 0 Å². The molecule has 1 aliphatic rings. The highest BCUT2D eigenvalue weighted by Gasteiger charge is 2.40. The van der Waals surface area contributed by atoms with E-state index in [1.165, 1.54) is 64.2 Å². The van der Waals surface area contributed by atoms with Gasteiger partial charge in [-0.1, -0.05) is 76.9 Å². The van der Waals surface area contributed by atoms with Crippen molar-refractivity contribution in [2.75, 3.05) is 19.8 Å². The predicted molar refractivity (Wildman–Crippen MR) is 113 cm³/mol. The Morgan fingerprint density at radius 2 is 1.50 bits per heavy atom. The van der Waals surface area contributed by atoms with Crippen LogP contribution >= 0.6 is 0 Å². The van der Waals surface area contributed by atoms with Crippen molar-refractivity contribution in [2.45, 2.75) is 115 Å². The molecule has 0 bridgehead atoms. The molecule has 4 atom stereocenters. The van der Waals surface area contributed by atoms with Crippen LogP contribution in [0, 0.1) is 0 Å².